The molecule has 0 spiro atoms. The Morgan fingerprint density at radius 3 is 2.80 bits per heavy atom. The second-order valence-corrected chi connectivity index (χ2v) is 5.57. The number of aromatic nitrogens is 1. The summed E-state index contributed by atoms with van der Waals surface area (Å²) in [5.74, 6) is 1.35. The van der Waals surface area contributed by atoms with Crippen LogP contribution in [0.2, 0.25) is 0 Å². The Kier molecular flexibility index (Phi) is 4.97. The first-order valence-electron chi connectivity index (χ1n) is 7.55. The van der Waals surface area contributed by atoms with Gasteiger partial charge in [0, 0.05) is 18.3 Å². The Balaban J connectivity index is 2.36. The molecule has 0 aromatic carbocycles. The molecule has 1 aliphatic carbocycles. The van der Waals surface area contributed by atoms with Crippen molar-refractivity contribution >= 4 is 5.82 Å². The molecule has 1 saturated carbocycles. The summed E-state index contributed by atoms with van der Waals surface area (Å²) in [5.41, 5.74) is 7.57. The molecule has 1 fully saturated rings. The van der Waals surface area contributed by atoms with Gasteiger partial charge in [0.2, 0.25) is 0 Å². The van der Waals surface area contributed by atoms with Gasteiger partial charge < -0.3 is 10.6 Å². The number of anilines is 1. The van der Waals surface area contributed by atoms with Gasteiger partial charge in [-0.2, -0.15) is 5.26 Å². The molecular weight excluding hydrogens is 248 g/mol. The van der Waals surface area contributed by atoms with Gasteiger partial charge in [-0.15, -0.1) is 0 Å². The monoisotopic (exact) mass is 272 g/mol. The molecule has 1 aromatic heterocycles. The van der Waals surface area contributed by atoms with Crippen LogP contribution in [0.25, 0.3) is 0 Å². The zero-order valence-corrected chi connectivity index (χ0v) is 12.5. The average Bonchev–Trinajstić information content (AvgIpc) is 2.49. The highest BCUT2D eigenvalue weighted by atomic mass is 15.2. The fourth-order valence-electron chi connectivity index (χ4n) is 3.26. The molecule has 2 rings (SSSR count). The van der Waals surface area contributed by atoms with Crippen LogP contribution in [-0.2, 0) is 0 Å². The number of nitrogens with zero attached hydrogens (tertiary/aromatic N) is 3. The van der Waals surface area contributed by atoms with Crippen molar-refractivity contribution in [3.8, 4) is 6.07 Å². The van der Waals surface area contributed by atoms with E-state index in [0.717, 1.165) is 31.0 Å². The zero-order chi connectivity index (χ0) is 14.5. The van der Waals surface area contributed by atoms with Crippen molar-refractivity contribution in [2.45, 2.75) is 45.6 Å². The summed E-state index contributed by atoms with van der Waals surface area (Å²) >= 11 is 0. The molecule has 4 nitrogen and oxygen atoms in total. The molecule has 0 amide bonds. The number of hydrogen-bond donors (Lipinski definition) is 1. The van der Waals surface area contributed by atoms with E-state index in [0.29, 0.717) is 17.5 Å². The minimum absolute atomic E-state index is 0.417. The van der Waals surface area contributed by atoms with Crippen LogP contribution in [0.15, 0.2) is 12.1 Å². The Hall–Kier alpha value is -1.60. The summed E-state index contributed by atoms with van der Waals surface area (Å²) in [6.45, 7) is 5.69. The first-order valence-corrected chi connectivity index (χ1v) is 7.55. The summed E-state index contributed by atoms with van der Waals surface area (Å²) in [7, 11) is 0. The smallest absolute Gasteiger partial charge is 0.147 e. The van der Waals surface area contributed by atoms with E-state index < -0.39 is 0 Å². The lowest BCUT2D eigenvalue weighted by Gasteiger charge is -2.40. The van der Waals surface area contributed by atoms with E-state index in [4.69, 9.17) is 5.73 Å². The summed E-state index contributed by atoms with van der Waals surface area (Å²) in [6.07, 6.45) is 4.84. The fourth-order valence-corrected chi connectivity index (χ4v) is 3.26. The van der Waals surface area contributed by atoms with E-state index >= 15 is 0 Å². The maximum absolute atomic E-state index is 9.33. The van der Waals surface area contributed by atoms with Crippen LogP contribution in [0.4, 0.5) is 5.82 Å². The van der Waals surface area contributed by atoms with Crippen LogP contribution in [0.5, 0.6) is 0 Å². The molecule has 20 heavy (non-hydrogen) atoms. The normalized spacial score (nSPS) is 22.3. The van der Waals surface area contributed by atoms with Gasteiger partial charge in [0.05, 0.1) is 5.56 Å². The highest BCUT2D eigenvalue weighted by molar-refractivity contribution is 5.55. The van der Waals surface area contributed by atoms with Gasteiger partial charge >= 0.3 is 0 Å². The van der Waals surface area contributed by atoms with E-state index in [2.05, 4.69) is 22.9 Å². The number of rotatable bonds is 4. The molecule has 0 saturated heterocycles. The molecule has 108 valence electrons. The molecule has 1 aromatic rings. The minimum Gasteiger partial charge on any atom is -0.352 e. The summed E-state index contributed by atoms with van der Waals surface area (Å²) in [6, 6.07) is 6.47. The molecule has 1 heterocycles. The van der Waals surface area contributed by atoms with E-state index in [1.807, 2.05) is 19.1 Å². The van der Waals surface area contributed by atoms with Crippen molar-refractivity contribution in [2.75, 3.05) is 18.0 Å². The predicted molar refractivity (Wildman–Crippen MR) is 81.5 cm³/mol. The molecule has 2 N–H and O–H groups in total. The van der Waals surface area contributed by atoms with Crippen LogP contribution in [0.1, 0.15) is 43.9 Å². The highest BCUT2D eigenvalue weighted by Crippen LogP contribution is 2.31. The Bertz CT molecular complexity index is 492. The number of pyridine rings is 1. The van der Waals surface area contributed by atoms with Gasteiger partial charge in [-0.3, -0.25) is 0 Å². The lowest BCUT2D eigenvalue weighted by molar-refractivity contribution is 0.299. The molecule has 1 aliphatic rings. The molecule has 0 bridgehead atoms. The topological polar surface area (TPSA) is 65.9 Å². The molecule has 4 heteroatoms. The van der Waals surface area contributed by atoms with Crippen molar-refractivity contribution in [3.05, 3.63) is 23.4 Å². The van der Waals surface area contributed by atoms with Crippen molar-refractivity contribution in [3.63, 3.8) is 0 Å². The molecule has 0 aliphatic heterocycles. The third-order valence-electron chi connectivity index (χ3n) is 4.32. The standard InChI is InChI=1S/C16H24N4/c1-3-20(15-7-5-4-6-13(15)10-17)16-14(11-18)9-8-12(2)19-16/h8-9,13,15H,3-7,10,17H2,1-2H3. The summed E-state index contributed by atoms with van der Waals surface area (Å²) < 4.78 is 0. The van der Waals surface area contributed by atoms with Crippen LogP contribution >= 0.6 is 0 Å². The molecule has 2 unspecified atom stereocenters. The number of aryl methyl sites for hydroxylation is 1. The quantitative estimate of drug-likeness (QED) is 0.915. The molecule has 0 radical (unpaired) electrons. The second kappa shape index (κ2) is 6.71. The number of hydrogen-bond acceptors (Lipinski definition) is 4. The Morgan fingerprint density at radius 2 is 2.15 bits per heavy atom. The van der Waals surface area contributed by atoms with E-state index in [9.17, 15) is 5.26 Å². The summed E-state index contributed by atoms with van der Waals surface area (Å²) in [4.78, 5) is 6.92. The molecular formula is C16H24N4. The lowest BCUT2D eigenvalue weighted by atomic mass is 9.83. The number of nitrogens with two attached hydrogens (primary N) is 1. The fraction of sp³-hybridized carbons (Fsp3) is 0.625. The van der Waals surface area contributed by atoms with Crippen molar-refractivity contribution in [1.29, 1.82) is 5.26 Å². The maximum Gasteiger partial charge on any atom is 0.147 e. The minimum atomic E-state index is 0.417. The predicted octanol–water partition coefficient (Wildman–Crippen LogP) is 2.61. The number of nitriles is 1. The van der Waals surface area contributed by atoms with E-state index in [-0.39, 0.29) is 0 Å². The molecule has 2 atom stereocenters. The first kappa shape index (κ1) is 14.8. The SMILES string of the molecule is CCN(c1nc(C)ccc1C#N)C1CCCCC1CN. The van der Waals surface area contributed by atoms with Gasteiger partial charge in [-0.05, 0) is 51.3 Å². The largest absolute Gasteiger partial charge is 0.352 e. The van der Waals surface area contributed by atoms with Gasteiger partial charge in [-0.25, -0.2) is 4.98 Å². The third-order valence-corrected chi connectivity index (χ3v) is 4.32. The third kappa shape index (κ3) is 2.94. The first-order chi connectivity index (χ1) is 9.71. The van der Waals surface area contributed by atoms with Crippen LogP contribution in [-0.4, -0.2) is 24.1 Å². The van der Waals surface area contributed by atoms with E-state index in [1.165, 1.54) is 19.3 Å². The van der Waals surface area contributed by atoms with Gasteiger partial charge in [0.15, 0.2) is 0 Å². The van der Waals surface area contributed by atoms with Crippen LogP contribution in [0.3, 0.4) is 0 Å². The van der Waals surface area contributed by atoms with E-state index in [1.54, 1.807) is 0 Å². The zero-order valence-electron chi connectivity index (χ0n) is 12.5. The van der Waals surface area contributed by atoms with Gasteiger partial charge in [-0.1, -0.05) is 12.8 Å². The second-order valence-electron chi connectivity index (χ2n) is 5.57. The van der Waals surface area contributed by atoms with Crippen molar-refractivity contribution in [2.24, 2.45) is 11.7 Å². The Labute approximate surface area is 121 Å². The maximum atomic E-state index is 9.33. The van der Waals surface area contributed by atoms with Crippen LogP contribution < -0.4 is 10.6 Å². The van der Waals surface area contributed by atoms with Crippen LogP contribution in [0, 0.1) is 24.2 Å². The van der Waals surface area contributed by atoms with Crippen molar-refractivity contribution < 1.29 is 0 Å². The summed E-state index contributed by atoms with van der Waals surface area (Å²) in [5, 5.41) is 9.33. The van der Waals surface area contributed by atoms with Gasteiger partial charge in [0.1, 0.15) is 11.9 Å². The Morgan fingerprint density at radius 1 is 1.40 bits per heavy atom. The highest BCUT2D eigenvalue weighted by Gasteiger charge is 2.30. The van der Waals surface area contributed by atoms with Gasteiger partial charge in [0.25, 0.3) is 0 Å². The van der Waals surface area contributed by atoms with Crippen molar-refractivity contribution in [1.82, 2.24) is 4.98 Å². The average molecular weight is 272 g/mol. The lowest BCUT2D eigenvalue weighted by Crippen LogP contribution is -2.46.